The maximum absolute atomic E-state index is 9.20. The molecule has 0 saturated heterocycles. The van der Waals surface area contributed by atoms with Gasteiger partial charge in [-0.1, -0.05) is 0 Å². The summed E-state index contributed by atoms with van der Waals surface area (Å²) in [6, 6.07) is 0. The zero-order valence-corrected chi connectivity index (χ0v) is 6.18. The molecule has 10 heteroatoms. The van der Waals surface area contributed by atoms with Gasteiger partial charge < -0.3 is 24.9 Å². The van der Waals surface area contributed by atoms with Gasteiger partial charge in [0.25, 0.3) is 0 Å². The van der Waals surface area contributed by atoms with Crippen LogP contribution in [0.1, 0.15) is 0 Å². The van der Waals surface area contributed by atoms with Crippen LogP contribution in [-0.2, 0) is 9.36 Å². The third-order valence-electron chi connectivity index (χ3n) is 0.309. The Bertz CT molecular complexity index is 138. The normalized spacial score (nSPS) is 10.8. The van der Waals surface area contributed by atoms with Crippen molar-refractivity contribution in [2.24, 2.45) is 0 Å². The summed E-state index contributed by atoms with van der Waals surface area (Å²) in [5.74, 6) is 0. The predicted octanol–water partition coefficient (Wildman–Crippen LogP) is -4.31. The van der Waals surface area contributed by atoms with E-state index in [1.807, 2.05) is 0 Å². The Morgan fingerprint density at radius 2 is 1.46 bits per heavy atom. The van der Waals surface area contributed by atoms with E-state index in [-0.39, 0.29) is 75.5 Å². The molecule has 0 saturated carbocycles. The van der Waals surface area contributed by atoms with Gasteiger partial charge in [0.1, 0.15) is 6.10 Å². The van der Waals surface area contributed by atoms with Gasteiger partial charge in [-0.05, 0) is 0 Å². The molecule has 0 rings (SSSR count). The van der Waals surface area contributed by atoms with Crippen molar-refractivity contribution in [2.45, 2.75) is 6.10 Å². The second kappa shape index (κ2) is 14.2. The Morgan fingerprint density at radius 1 is 1.23 bits per heavy atom. The minimum absolute atomic E-state index is 0. The molecule has 7 nitrogen and oxygen atoms in total. The molecule has 1 atom stereocenters. The third kappa shape index (κ3) is 54.9. The summed E-state index contributed by atoms with van der Waals surface area (Å²) in [5.41, 5.74) is 0. The van der Waals surface area contributed by atoms with E-state index in [0.29, 0.717) is 0 Å². The van der Waals surface area contributed by atoms with Gasteiger partial charge in [0.15, 0.2) is 0 Å². The second-order valence-corrected chi connectivity index (χ2v) is 2.36. The molecule has 0 aromatic rings. The molecule has 13 heavy (non-hydrogen) atoms. The summed E-state index contributed by atoms with van der Waals surface area (Å²) in [6.07, 6.45) is -0.145. The van der Waals surface area contributed by atoms with Crippen LogP contribution in [0.4, 0.5) is 0 Å². The fourth-order valence-electron chi connectivity index (χ4n) is 0.0373. The van der Waals surface area contributed by atoms with Crippen molar-refractivity contribution in [3.8, 4) is 0 Å². The molecule has 0 bridgehead atoms. The average molecular weight is 271 g/mol. The topological polar surface area (TPSA) is 135 Å². The molecule has 0 aliphatic rings. The summed E-state index contributed by atoms with van der Waals surface area (Å²) < 4.78 is 8.88. The van der Waals surface area contributed by atoms with E-state index in [2.05, 4.69) is 0 Å². The van der Waals surface area contributed by atoms with Crippen LogP contribution in [0.3, 0.4) is 0 Å². The van der Waals surface area contributed by atoms with Gasteiger partial charge in [-0.3, -0.25) is 4.79 Å². The standard InChI is InChI=1S/C3H5O3.2Ca.H3O4P.4H/c4-1-3(6)2-5;;;1-5(2,3)4;;;;/h3-4,6H,1H2;;;(H3,1,2,3,4);;;;. The van der Waals surface area contributed by atoms with Crippen LogP contribution in [-0.4, -0.2) is 119 Å². The molecule has 0 spiro atoms. The summed E-state index contributed by atoms with van der Waals surface area (Å²) in [4.78, 5) is 30.8. The zero-order chi connectivity index (χ0) is 9.49. The van der Waals surface area contributed by atoms with E-state index in [1.165, 1.54) is 6.29 Å². The van der Waals surface area contributed by atoms with Crippen molar-refractivity contribution in [1.29, 1.82) is 0 Å². The van der Waals surface area contributed by atoms with E-state index >= 15 is 0 Å². The number of aliphatic hydroxyl groups excluding tert-OH is 2. The molecular formula is C3H12Ca2O7P. The van der Waals surface area contributed by atoms with Crippen molar-refractivity contribution in [1.82, 2.24) is 0 Å². The van der Waals surface area contributed by atoms with Gasteiger partial charge in [0.05, 0.1) is 6.61 Å². The Morgan fingerprint density at radius 3 is 1.46 bits per heavy atom. The van der Waals surface area contributed by atoms with Crippen LogP contribution >= 0.6 is 7.82 Å². The van der Waals surface area contributed by atoms with Gasteiger partial charge in [-0.2, -0.15) is 0 Å². The van der Waals surface area contributed by atoms with Crippen LogP contribution in [0.5, 0.6) is 0 Å². The molecule has 5 N–H and O–H groups in total. The van der Waals surface area contributed by atoms with Crippen molar-refractivity contribution < 1.29 is 34.3 Å². The number of hydrogen-bond acceptors (Lipinski definition) is 4. The van der Waals surface area contributed by atoms with E-state index in [1.54, 1.807) is 0 Å². The summed E-state index contributed by atoms with van der Waals surface area (Å²) in [7, 11) is -4.64. The van der Waals surface area contributed by atoms with E-state index in [0.717, 1.165) is 0 Å². The molecule has 75 valence electrons. The molecule has 0 heterocycles. The summed E-state index contributed by atoms with van der Waals surface area (Å²) in [6.45, 7) is -0.538. The van der Waals surface area contributed by atoms with Crippen molar-refractivity contribution >= 4 is 89.6 Å². The molecule has 0 aliphatic heterocycles. The van der Waals surface area contributed by atoms with Crippen LogP contribution in [0.25, 0.3) is 0 Å². The van der Waals surface area contributed by atoms with Crippen LogP contribution in [0.2, 0.25) is 0 Å². The molecule has 0 fully saturated rings. The van der Waals surface area contributed by atoms with Crippen molar-refractivity contribution in [3.63, 3.8) is 0 Å². The monoisotopic (exact) mass is 271 g/mol. The number of rotatable bonds is 2. The fourth-order valence-corrected chi connectivity index (χ4v) is 0.0373. The first-order chi connectivity index (χ1) is 4.81. The van der Waals surface area contributed by atoms with E-state index in [4.69, 9.17) is 29.5 Å². The molecule has 0 aromatic carbocycles. The third-order valence-corrected chi connectivity index (χ3v) is 0.309. The van der Waals surface area contributed by atoms with E-state index in [9.17, 15) is 4.79 Å². The van der Waals surface area contributed by atoms with Gasteiger partial charge in [0.2, 0.25) is 6.29 Å². The Labute approximate surface area is 134 Å². The number of phosphoric acid groups is 1. The van der Waals surface area contributed by atoms with Crippen LogP contribution < -0.4 is 0 Å². The first-order valence-corrected chi connectivity index (χ1v) is 3.82. The number of aliphatic hydroxyl groups is 2. The predicted molar refractivity (Wildman–Crippen MR) is 50.1 cm³/mol. The second-order valence-electron chi connectivity index (χ2n) is 1.33. The van der Waals surface area contributed by atoms with Crippen LogP contribution in [0, 0.1) is 0 Å². The molecular weight excluding hydrogens is 259 g/mol. The van der Waals surface area contributed by atoms with Gasteiger partial charge in [-0.25, -0.2) is 4.57 Å². The molecule has 0 aliphatic carbocycles. The molecule has 1 radical (unpaired) electrons. The van der Waals surface area contributed by atoms with Crippen molar-refractivity contribution in [3.05, 3.63) is 0 Å². The Kier molecular flexibility index (Phi) is 26.7. The Balaban J connectivity index is -0.0000000546. The van der Waals surface area contributed by atoms with Crippen molar-refractivity contribution in [2.75, 3.05) is 6.61 Å². The molecule has 0 amide bonds. The molecule has 0 aromatic heterocycles. The summed E-state index contributed by atoms with van der Waals surface area (Å²) >= 11 is 0. The van der Waals surface area contributed by atoms with Gasteiger partial charge in [-0.15, -0.1) is 0 Å². The average Bonchev–Trinajstić information content (AvgIpc) is 1.83. The zero-order valence-electron chi connectivity index (χ0n) is 5.28. The van der Waals surface area contributed by atoms with Gasteiger partial charge in [0, 0.05) is 0 Å². The number of hydrogen-bond donors (Lipinski definition) is 5. The maximum atomic E-state index is 9.20. The fraction of sp³-hybridized carbons (Fsp3) is 0.667. The molecule has 1 unspecified atom stereocenters. The summed E-state index contributed by atoms with van der Waals surface area (Å²) in [5, 5.41) is 15.8. The first kappa shape index (κ1) is 24.4. The Hall–Kier alpha value is 2.22. The first-order valence-electron chi connectivity index (χ1n) is 2.26. The quantitative estimate of drug-likeness (QED) is 0.253. The van der Waals surface area contributed by atoms with Crippen LogP contribution in [0.15, 0.2) is 0 Å². The van der Waals surface area contributed by atoms with Gasteiger partial charge >= 0.3 is 83.3 Å². The minimum atomic E-state index is -4.64. The SMILES string of the molecule is O=P(O)(O)O.O=[C]C(O)CO.[CaH2].[CaH2]. The number of carbonyl (C=O) groups excluding carboxylic acids is 1. The van der Waals surface area contributed by atoms with E-state index < -0.39 is 20.5 Å².